The predicted molar refractivity (Wildman–Crippen MR) is 80.5 cm³/mol. The molecular formula is C17H26FNO. The molecule has 2 nitrogen and oxygen atoms in total. The lowest BCUT2D eigenvalue weighted by atomic mass is 9.88. The third-order valence-electron chi connectivity index (χ3n) is 4.28. The van der Waals surface area contributed by atoms with Gasteiger partial charge in [-0.05, 0) is 56.3 Å². The van der Waals surface area contributed by atoms with Crippen LogP contribution in [0.3, 0.4) is 0 Å². The molecule has 3 heteroatoms. The van der Waals surface area contributed by atoms with E-state index in [-0.39, 0.29) is 18.0 Å². The summed E-state index contributed by atoms with van der Waals surface area (Å²) in [7, 11) is 0. The van der Waals surface area contributed by atoms with Crippen LogP contribution in [0.25, 0.3) is 0 Å². The van der Waals surface area contributed by atoms with Crippen molar-refractivity contribution in [3.05, 3.63) is 29.6 Å². The monoisotopic (exact) mass is 279 g/mol. The van der Waals surface area contributed by atoms with Crippen molar-refractivity contribution in [2.45, 2.75) is 58.6 Å². The summed E-state index contributed by atoms with van der Waals surface area (Å²) in [6.07, 6.45) is 4.84. The Morgan fingerprint density at radius 1 is 1.35 bits per heavy atom. The van der Waals surface area contributed by atoms with Gasteiger partial charge in [0, 0.05) is 6.04 Å². The summed E-state index contributed by atoms with van der Waals surface area (Å²) in [4.78, 5) is 0. The molecule has 0 amide bonds. The average molecular weight is 279 g/mol. The van der Waals surface area contributed by atoms with Crippen molar-refractivity contribution in [3.8, 4) is 5.75 Å². The molecule has 0 radical (unpaired) electrons. The van der Waals surface area contributed by atoms with E-state index in [0.717, 1.165) is 18.5 Å². The summed E-state index contributed by atoms with van der Waals surface area (Å²) in [5.74, 6) is 0.671. The molecule has 3 unspecified atom stereocenters. The van der Waals surface area contributed by atoms with Crippen LogP contribution in [-0.2, 0) is 0 Å². The first kappa shape index (κ1) is 15.3. The summed E-state index contributed by atoms with van der Waals surface area (Å²) >= 11 is 0. The first-order chi connectivity index (χ1) is 9.61. The lowest BCUT2D eigenvalue weighted by Gasteiger charge is -2.29. The number of hydrogen-bond donors (Lipinski definition) is 1. The van der Waals surface area contributed by atoms with Crippen molar-refractivity contribution >= 4 is 0 Å². The first-order valence-corrected chi connectivity index (χ1v) is 7.81. The van der Waals surface area contributed by atoms with Crippen molar-refractivity contribution in [2.24, 2.45) is 5.92 Å². The van der Waals surface area contributed by atoms with Gasteiger partial charge in [0.05, 0.1) is 0 Å². The Bertz CT molecular complexity index is 435. The van der Waals surface area contributed by atoms with E-state index >= 15 is 0 Å². The molecule has 112 valence electrons. The van der Waals surface area contributed by atoms with E-state index in [2.05, 4.69) is 19.2 Å². The molecule has 1 aliphatic rings. The lowest BCUT2D eigenvalue weighted by molar-refractivity contribution is 0.0979. The van der Waals surface area contributed by atoms with E-state index in [1.165, 1.54) is 19.3 Å². The van der Waals surface area contributed by atoms with Crippen molar-refractivity contribution in [3.63, 3.8) is 0 Å². The summed E-state index contributed by atoms with van der Waals surface area (Å²) in [6, 6.07) is 5.49. The zero-order chi connectivity index (χ0) is 14.5. The second-order valence-corrected chi connectivity index (χ2v) is 5.89. The summed E-state index contributed by atoms with van der Waals surface area (Å²) < 4.78 is 20.1. The van der Waals surface area contributed by atoms with Gasteiger partial charge in [-0.3, -0.25) is 0 Å². The zero-order valence-corrected chi connectivity index (χ0v) is 12.8. The normalized spacial score (nSPS) is 24.4. The van der Waals surface area contributed by atoms with E-state index in [9.17, 15) is 4.39 Å². The largest absolute Gasteiger partial charge is 0.487 e. The molecule has 20 heavy (non-hydrogen) atoms. The Morgan fingerprint density at radius 2 is 2.10 bits per heavy atom. The topological polar surface area (TPSA) is 21.3 Å². The van der Waals surface area contributed by atoms with Gasteiger partial charge in [-0.1, -0.05) is 26.3 Å². The third-order valence-corrected chi connectivity index (χ3v) is 4.28. The van der Waals surface area contributed by atoms with Crippen molar-refractivity contribution in [1.82, 2.24) is 5.32 Å². The first-order valence-electron chi connectivity index (χ1n) is 7.81. The number of benzene rings is 1. The van der Waals surface area contributed by atoms with Crippen LogP contribution in [0.2, 0.25) is 0 Å². The van der Waals surface area contributed by atoms with Crippen LogP contribution in [0, 0.1) is 11.7 Å². The van der Waals surface area contributed by atoms with Crippen molar-refractivity contribution in [1.29, 1.82) is 0 Å². The van der Waals surface area contributed by atoms with Gasteiger partial charge in [-0.2, -0.15) is 0 Å². The molecule has 0 saturated heterocycles. The average Bonchev–Trinajstić information content (AvgIpc) is 2.43. The maximum Gasteiger partial charge on any atom is 0.165 e. The summed E-state index contributed by atoms with van der Waals surface area (Å²) in [6.45, 7) is 7.17. The van der Waals surface area contributed by atoms with Crippen LogP contribution in [0.15, 0.2) is 18.2 Å². The molecule has 0 heterocycles. The number of nitrogens with one attached hydrogen (secondary N) is 1. The fourth-order valence-electron chi connectivity index (χ4n) is 2.93. The number of rotatable bonds is 5. The fourth-order valence-corrected chi connectivity index (χ4v) is 2.93. The highest BCUT2D eigenvalue weighted by atomic mass is 19.1. The van der Waals surface area contributed by atoms with Crippen molar-refractivity contribution < 1.29 is 9.13 Å². The maximum atomic E-state index is 14.2. The molecule has 1 aromatic rings. The summed E-state index contributed by atoms with van der Waals surface area (Å²) in [5, 5.41) is 3.29. The molecule has 2 rings (SSSR count). The molecule has 1 N–H and O–H groups in total. The molecule has 1 aliphatic carbocycles. The quantitative estimate of drug-likeness (QED) is 0.859. The molecule has 1 saturated carbocycles. The third kappa shape index (κ3) is 3.72. The fraction of sp³-hybridized carbons (Fsp3) is 0.647. The number of hydrogen-bond acceptors (Lipinski definition) is 2. The van der Waals surface area contributed by atoms with Crippen LogP contribution in [0.1, 0.15) is 58.1 Å². The van der Waals surface area contributed by atoms with Gasteiger partial charge in [0.2, 0.25) is 0 Å². The highest BCUT2D eigenvalue weighted by Crippen LogP contribution is 2.30. The minimum atomic E-state index is -0.245. The van der Waals surface area contributed by atoms with E-state index in [1.807, 2.05) is 13.0 Å². The Labute approximate surface area is 121 Å². The van der Waals surface area contributed by atoms with E-state index in [1.54, 1.807) is 12.1 Å². The SMILES string of the molecule is CCNC(C)c1ccc(OC2CCCCC2C)c(F)c1. The Morgan fingerprint density at radius 3 is 2.75 bits per heavy atom. The van der Waals surface area contributed by atoms with Gasteiger partial charge in [0.15, 0.2) is 11.6 Å². The molecular weight excluding hydrogens is 253 g/mol. The molecule has 0 aromatic heterocycles. The van der Waals surface area contributed by atoms with Gasteiger partial charge in [-0.15, -0.1) is 0 Å². The molecule has 1 fully saturated rings. The second kappa shape index (κ2) is 7.07. The Balaban J connectivity index is 2.05. The van der Waals surface area contributed by atoms with E-state index in [0.29, 0.717) is 11.7 Å². The minimum Gasteiger partial charge on any atom is -0.487 e. The van der Waals surface area contributed by atoms with E-state index < -0.39 is 0 Å². The minimum absolute atomic E-state index is 0.162. The van der Waals surface area contributed by atoms with Crippen LogP contribution in [-0.4, -0.2) is 12.6 Å². The highest BCUT2D eigenvalue weighted by Gasteiger charge is 2.24. The Hall–Kier alpha value is -1.09. The van der Waals surface area contributed by atoms with E-state index in [4.69, 9.17) is 4.74 Å². The zero-order valence-electron chi connectivity index (χ0n) is 12.8. The van der Waals surface area contributed by atoms with Gasteiger partial charge in [0.1, 0.15) is 6.10 Å². The number of halogens is 1. The Kier molecular flexibility index (Phi) is 5.41. The molecule has 3 atom stereocenters. The van der Waals surface area contributed by atoms with Gasteiger partial charge < -0.3 is 10.1 Å². The maximum absolute atomic E-state index is 14.2. The molecule has 0 aliphatic heterocycles. The van der Waals surface area contributed by atoms with Crippen LogP contribution < -0.4 is 10.1 Å². The molecule has 0 bridgehead atoms. The van der Waals surface area contributed by atoms with Gasteiger partial charge in [-0.25, -0.2) is 4.39 Å². The standard InChI is InChI=1S/C17H26FNO/c1-4-19-13(3)14-9-10-17(15(18)11-14)20-16-8-6-5-7-12(16)2/h9-13,16,19H,4-8H2,1-3H3. The molecule has 0 spiro atoms. The van der Waals surface area contributed by atoms with Crippen molar-refractivity contribution in [2.75, 3.05) is 6.54 Å². The highest BCUT2D eigenvalue weighted by molar-refractivity contribution is 5.31. The molecule has 1 aromatic carbocycles. The second-order valence-electron chi connectivity index (χ2n) is 5.89. The summed E-state index contributed by atoms with van der Waals surface area (Å²) in [5.41, 5.74) is 0.966. The smallest absolute Gasteiger partial charge is 0.165 e. The lowest BCUT2D eigenvalue weighted by Crippen LogP contribution is -2.28. The van der Waals surface area contributed by atoms with Gasteiger partial charge in [0.25, 0.3) is 0 Å². The van der Waals surface area contributed by atoms with Gasteiger partial charge >= 0.3 is 0 Å². The van der Waals surface area contributed by atoms with Crippen LogP contribution in [0.4, 0.5) is 4.39 Å². The predicted octanol–water partition coefficient (Wildman–Crippen LogP) is 4.45. The van der Waals surface area contributed by atoms with Crippen LogP contribution in [0.5, 0.6) is 5.75 Å². The number of ether oxygens (including phenoxy) is 1. The van der Waals surface area contributed by atoms with Crippen LogP contribution >= 0.6 is 0 Å².